The van der Waals surface area contributed by atoms with E-state index in [4.69, 9.17) is 13.3 Å². The first-order valence-corrected chi connectivity index (χ1v) is 7.10. The third-order valence-corrected chi connectivity index (χ3v) is 5.18. The topological polar surface area (TPSA) is 27.7 Å². The maximum atomic E-state index is 5.44. The zero-order chi connectivity index (χ0) is 9.45. The number of halogens is 1. The van der Waals surface area contributed by atoms with Crippen LogP contribution in [0.25, 0.3) is 0 Å². The quantitative estimate of drug-likeness (QED) is 0.517. The van der Waals surface area contributed by atoms with Gasteiger partial charge in [0.15, 0.2) is 0 Å². The highest BCUT2D eigenvalue weighted by Gasteiger charge is 2.37. The van der Waals surface area contributed by atoms with E-state index in [-0.39, 0.29) is 0 Å². The Hall–Kier alpha value is 0.577. The smallest absolute Gasteiger partial charge is 0.377 e. The Kier molecular flexibility index (Phi) is 7.36. The molecule has 0 spiro atoms. The summed E-state index contributed by atoms with van der Waals surface area (Å²) in [6.45, 7) is 2.14. The van der Waals surface area contributed by atoms with Crippen LogP contribution in [0.3, 0.4) is 0 Å². The average molecular weight is 257 g/mol. The maximum absolute atomic E-state index is 5.44. The summed E-state index contributed by atoms with van der Waals surface area (Å²) in [4.78, 5) is 0. The van der Waals surface area contributed by atoms with Gasteiger partial charge in [-0.2, -0.15) is 0 Å². The molecule has 3 nitrogen and oxygen atoms in total. The summed E-state index contributed by atoms with van der Waals surface area (Å²) in [5, 5.41) is 0. The van der Waals surface area contributed by atoms with E-state index in [1.807, 2.05) is 0 Å². The van der Waals surface area contributed by atoms with Gasteiger partial charge in [0.2, 0.25) is 0 Å². The van der Waals surface area contributed by atoms with Crippen LogP contribution in [0.1, 0.15) is 19.8 Å². The van der Waals surface area contributed by atoms with E-state index in [0.29, 0.717) is 5.52 Å². The third-order valence-electron chi connectivity index (χ3n) is 1.73. The summed E-state index contributed by atoms with van der Waals surface area (Å²) in [5.41, 5.74) is 0.477. The van der Waals surface area contributed by atoms with E-state index in [1.165, 1.54) is 0 Å². The molecule has 0 rings (SSSR count). The van der Waals surface area contributed by atoms with Gasteiger partial charge in [0.25, 0.3) is 0 Å². The SMILES string of the molecule is CCCC[Si](OC)(OC)OCBr. The summed E-state index contributed by atoms with van der Waals surface area (Å²) < 4.78 is 16.0. The van der Waals surface area contributed by atoms with Gasteiger partial charge < -0.3 is 13.3 Å². The summed E-state index contributed by atoms with van der Waals surface area (Å²) in [7, 11) is 0.982. The van der Waals surface area contributed by atoms with Crippen molar-refractivity contribution in [3.63, 3.8) is 0 Å². The van der Waals surface area contributed by atoms with Gasteiger partial charge in [-0.3, -0.25) is 0 Å². The summed E-state index contributed by atoms with van der Waals surface area (Å²) in [6.07, 6.45) is 2.22. The molecule has 0 aromatic heterocycles. The standard InChI is InChI=1S/C7H17BrO3Si/c1-4-5-6-12(9-2,10-3)11-7-8/h4-7H2,1-3H3. The van der Waals surface area contributed by atoms with Crippen LogP contribution in [0, 0.1) is 0 Å². The molecule has 0 aliphatic rings. The molecule has 0 aliphatic heterocycles. The summed E-state index contributed by atoms with van der Waals surface area (Å²) in [6, 6.07) is 0.891. The highest BCUT2D eigenvalue weighted by atomic mass is 79.9. The Morgan fingerprint density at radius 3 is 2.17 bits per heavy atom. The van der Waals surface area contributed by atoms with Crippen LogP contribution in [0.5, 0.6) is 0 Å². The van der Waals surface area contributed by atoms with Crippen LogP contribution in [0.2, 0.25) is 6.04 Å². The Balaban J connectivity index is 3.95. The van der Waals surface area contributed by atoms with E-state index >= 15 is 0 Å². The molecule has 74 valence electrons. The number of hydrogen-bond acceptors (Lipinski definition) is 3. The zero-order valence-electron chi connectivity index (χ0n) is 7.93. The number of unbranched alkanes of at least 4 members (excludes halogenated alkanes) is 1. The molecule has 0 amide bonds. The molecule has 0 aromatic carbocycles. The van der Waals surface area contributed by atoms with Crippen LogP contribution in [-0.4, -0.2) is 28.5 Å². The molecule has 0 N–H and O–H groups in total. The van der Waals surface area contributed by atoms with Gasteiger partial charge in [-0.05, 0) is 6.42 Å². The minimum absolute atomic E-state index is 0.477. The largest absolute Gasteiger partial charge is 0.501 e. The zero-order valence-corrected chi connectivity index (χ0v) is 10.5. The van der Waals surface area contributed by atoms with Gasteiger partial charge in [0.1, 0.15) is 0 Å². The van der Waals surface area contributed by atoms with Crippen molar-refractivity contribution >= 4 is 24.7 Å². The van der Waals surface area contributed by atoms with Gasteiger partial charge in [0.05, 0.1) is 5.52 Å². The van der Waals surface area contributed by atoms with E-state index in [0.717, 1.165) is 18.9 Å². The van der Waals surface area contributed by atoms with Gasteiger partial charge in [-0.1, -0.05) is 29.3 Å². The summed E-state index contributed by atoms with van der Waals surface area (Å²) >= 11 is 3.21. The second kappa shape index (κ2) is 7.03. The molecular formula is C7H17BrO3Si. The van der Waals surface area contributed by atoms with E-state index in [9.17, 15) is 0 Å². The van der Waals surface area contributed by atoms with Crippen molar-refractivity contribution in [2.75, 3.05) is 19.7 Å². The first-order valence-electron chi connectivity index (χ1n) is 4.05. The van der Waals surface area contributed by atoms with Crippen molar-refractivity contribution in [2.45, 2.75) is 25.8 Å². The molecule has 5 heteroatoms. The second-order valence-electron chi connectivity index (χ2n) is 2.45. The van der Waals surface area contributed by atoms with Crippen molar-refractivity contribution in [2.24, 2.45) is 0 Å². The molecule has 0 atom stereocenters. The lowest BCUT2D eigenvalue weighted by molar-refractivity contribution is 0.118. The Morgan fingerprint density at radius 2 is 1.83 bits per heavy atom. The molecule has 0 saturated carbocycles. The number of alkyl halides is 1. The van der Waals surface area contributed by atoms with Crippen LogP contribution >= 0.6 is 15.9 Å². The monoisotopic (exact) mass is 256 g/mol. The second-order valence-corrected chi connectivity index (χ2v) is 5.88. The van der Waals surface area contributed by atoms with E-state index in [2.05, 4.69) is 22.9 Å². The predicted octanol–water partition coefficient (Wildman–Crippen LogP) is 2.39. The minimum atomic E-state index is -2.31. The lowest BCUT2D eigenvalue weighted by atomic mass is 10.4. The van der Waals surface area contributed by atoms with Gasteiger partial charge in [-0.15, -0.1) is 0 Å². The average Bonchev–Trinajstić information content (AvgIpc) is 2.13. The first-order chi connectivity index (χ1) is 5.74. The van der Waals surface area contributed by atoms with Crippen molar-refractivity contribution < 1.29 is 13.3 Å². The molecule has 0 bridgehead atoms. The van der Waals surface area contributed by atoms with Crippen molar-refractivity contribution in [3.05, 3.63) is 0 Å². The lowest BCUT2D eigenvalue weighted by Gasteiger charge is -2.24. The predicted molar refractivity (Wildman–Crippen MR) is 54.4 cm³/mol. The highest BCUT2D eigenvalue weighted by Crippen LogP contribution is 2.17. The molecule has 0 aromatic rings. The molecule has 0 saturated heterocycles. The van der Waals surface area contributed by atoms with E-state index in [1.54, 1.807) is 14.2 Å². The molecule has 0 heterocycles. The third kappa shape index (κ3) is 4.00. The molecule has 0 aliphatic carbocycles. The summed E-state index contributed by atoms with van der Waals surface area (Å²) in [5.74, 6) is 0. The van der Waals surface area contributed by atoms with Crippen LogP contribution < -0.4 is 0 Å². The van der Waals surface area contributed by atoms with Crippen LogP contribution in [0.15, 0.2) is 0 Å². The Morgan fingerprint density at radius 1 is 1.25 bits per heavy atom. The first kappa shape index (κ1) is 12.6. The van der Waals surface area contributed by atoms with Gasteiger partial charge >= 0.3 is 8.80 Å². The number of hydrogen-bond donors (Lipinski definition) is 0. The Bertz CT molecular complexity index is 109. The fourth-order valence-electron chi connectivity index (χ4n) is 0.954. The van der Waals surface area contributed by atoms with E-state index < -0.39 is 8.80 Å². The van der Waals surface area contributed by atoms with Crippen LogP contribution in [-0.2, 0) is 13.3 Å². The van der Waals surface area contributed by atoms with Crippen molar-refractivity contribution in [1.29, 1.82) is 0 Å². The highest BCUT2D eigenvalue weighted by molar-refractivity contribution is 9.09. The molecule has 0 unspecified atom stereocenters. The van der Waals surface area contributed by atoms with Gasteiger partial charge in [-0.25, -0.2) is 0 Å². The molecule has 0 fully saturated rings. The fraction of sp³-hybridized carbons (Fsp3) is 1.00. The van der Waals surface area contributed by atoms with Gasteiger partial charge in [0, 0.05) is 20.3 Å². The molecule has 0 radical (unpaired) electrons. The minimum Gasteiger partial charge on any atom is -0.377 e. The normalized spacial score (nSPS) is 12.0. The number of rotatable bonds is 7. The molecule has 12 heavy (non-hydrogen) atoms. The van der Waals surface area contributed by atoms with Crippen LogP contribution in [0.4, 0.5) is 0 Å². The Labute approximate surface area is 83.9 Å². The lowest BCUT2D eigenvalue weighted by Crippen LogP contribution is -2.43. The van der Waals surface area contributed by atoms with Crippen molar-refractivity contribution in [3.8, 4) is 0 Å². The van der Waals surface area contributed by atoms with Crippen molar-refractivity contribution in [1.82, 2.24) is 0 Å². The molecular weight excluding hydrogens is 240 g/mol. The maximum Gasteiger partial charge on any atom is 0.501 e. The fourth-order valence-corrected chi connectivity index (χ4v) is 3.91.